The van der Waals surface area contributed by atoms with Gasteiger partial charge in [-0.15, -0.1) is 0 Å². The van der Waals surface area contributed by atoms with Crippen molar-refractivity contribution >= 4 is 12.0 Å². The van der Waals surface area contributed by atoms with E-state index in [9.17, 15) is 4.79 Å². The topological polar surface area (TPSA) is 96.1 Å². The van der Waals surface area contributed by atoms with E-state index in [0.717, 1.165) is 11.6 Å². The number of allylic oxidation sites excluding steroid dienone is 2. The van der Waals surface area contributed by atoms with Crippen molar-refractivity contribution in [2.45, 2.75) is 0 Å². The largest absolute Gasteiger partial charge is 0.478 e. The first-order chi connectivity index (χ1) is 7.22. The zero-order valence-corrected chi connectivity index (χ0v) is 8.63. The third kappa shape index (κ3) is 4.74. The Balaban J connectivity index is 0.00000225. The SMILES string of the molecule is N.N#CC(C=CC(=O)O)=Cc1ccccc1. The van der Waals surface area contributed by atoms with Gasteiger partial charge < -0.3 is 11.3 Å². The van der Waals surface area contributed by atoms with Crippen molar-refractivity contribution < 1.29 is 9.90 Å². The summed E-state index contributed by atoms with van der Waals surface area (Å²) in [6.45, 7) is 0. The summed E-state index contributed by atoms with van der Waals surface area (Å²) in [5, 5.41) is 17.1. The number of carbonyl (C=O) groups is 1. The average Bonchev–Trinajstić information content (AvgIpc) is 2.25. The number of carboxylic acids is 1. The summed E-state index contributed by atoms with van der Waals surface area (Å²) in [5.74, 6) is -1.07. The predicted molar refractivity (Wildman–Crippen MR) is 61.8 cm³/mol. The molecule has 0 bridgehead atoms. The fourth-order valence-corrected chi connectivity index (χ4v) is 1.01. The van der Waals surface area contributed by atoms with Gasteiger partial charge in [0, 0.05) is 6.08 Å². The minimum absolute atomic E-state index is 0. The van der Waals surface area contributed by atoms with Crippen molar-refractivity contribution in [3.8, 4) is 6.07 Å². The lowest BCUT2D eigenvalue weighted by atomic mass is 10.1. The smallest absolute Gasteiger partial charge is 0.328 e. The first-order valence-electron chi connectivity index (χ1n) is 4.30. The number of carboxylic acid groups (broad SMARTS) is 1. The summed E-state index contributed by atoms with van der Waals surface area (Å²) >= 11 is 0. The van der Waals surface area contributed by atoms with Crippen molar-refractivity contribution in [3.63, 3.8) is 0 Å². The lowest BCUT2D eigenvalue weighted by Gasteiger charge is -1.91. The molecule has 0 atom stereocenters. The molecule has 0 aliphatic heterocycles. The Morgan fingerprint density at radius 3 is 2.38 bits per heavy atom. The quantitative estimate of drug-likeness (QED) is 0.460. The fraction of sp³-hybridized carbons (Fsp3) is 0. The van der Waals surface area contributed by atoms with Crippen LogP contribution in [0.2, 0.25) is 0 Å². The number of rotatable bonds is 3. The van der Waals surface area contributed by atoms with Crippen LogP contribution in [-0.4, -0.2) is 11.1 Å². The van der Waals surface area contributed by atoms with E-state index in [-0.39, 0.29) is 6.15 Å². The molecule has 0 saturated heterocycles. The second kappa shape index (κ2) is 6.98. The third-order valence-corrected chi connectivity index (χ3v) is 1.66. The Kier molecular flexibility index (Phi) is 5.95. The van der Waals surface area contributed by atoms with Gasteiger partial charge in [-0.05, 0) is 17.7 Å². The van der Waals surface area contributed by atoms with Crippen molar-refractivity contribution in [1.29, 1.82) is 5.26 Å². The monoisotopic (exact) mass is 216 g/mol. The van der Waals surface area contributed by atoms with Crippen molar-refractivity contribution in [2.75, 3.05) is 0 Å². The normalized spacial score (nSPS) is 10.6. The molecular formula is C12H12N2O2. The van der Waals surface area contributed by atoms with Crippen LogP contribution in [0.5, 0.6) is 0 Å². The highest BCUT2D eigenvalue weighted by Gasteiger charge is 1.92. The van der Waals surface area contributed by atoms with Gasteiger partial charge >= 0.3 is 5.97 Å². The van der Waals surface area contributed by atoms with Crippen LogP contribution < -0.4 is 6.15 Å². The van der Waals surface area contributed by atoms with E-state index in [1.165, 1.54) is 6.08 Å². The van der Waals surface area contributed by atoms with Crippen LogP contribution in [0.3, 0.4) is 0 Å². The van der Waals surface area contributed by atoms with Crippen LogP contribution in [-0.2, 0) is 4.79 Å². The zero-order valence-electron chi connectivity index (χ0n) is 8.63. The van der Waals surface area contributed by atoms with Gasteiger partial charge in [0.05, 0.1) is 11.6 Å². The Labute approximate surface area is 93.7 Å². The van der Waals surface area contributed by atoms with Gasteiger partial charge in [0.1, 0.15) is 0 Å². The lowest BCUT2D eigenvalue weighted by molar-refractivity contribution is -0.131. The molecule has 4 nitrogen and oxygen atoms in total. The number of benzene rings is 1. The van der Waals surface area contributed by atoms with Crippen molar-refractivity contribution in [2.24, 2.45) is 0 Å². The number of nitriles is 1. The molecule has 16 heavy (non-hydrogen) atoms. The van der Waals surface area contributed by atoms with Gasteiger partial charge in [0.25, 0.3) is 0 Å². The third-order valence-electron chi connectivity index (χ3n) is 1.66. The molecule has 4 N–H and O–H groups in total. The molecule has 0 fully saturated rings. The maximum Gasteiger partial charge on any atom is 0.328 e. The molecule has 0 spiro atoms. The van der Waals surface area contributed by atoms with Crippen LogP contribution in [0.25, 0.3) is 6.08 Å². The van der Waals surface area contributed by atoms with Crippen LogP contribution in [0.1, 0.15) is 5.56 Å². The molecule has 0 aliphatic carbocycles. The van der Waals surface area contributed by atoms with E-state index in [0.29, 0.717) is 5.57 Å². The van der Waals surface area contributed by atoms with Gasteiger partial charge in [0.15, 0.2) is 0 Å². The molecule has 1 aromatic rings. The summed E-state index contributed by atoms with van der Waals surface area (Å²) in [4.78, 5) is 10.2. The van der Waals surface area contributed by atoms with Gasteiger partial charge in [-0.1, -0.05) is 30.3 Å². The highest BCUT2D eigenvalue weighted by molar-refractivity contribution is 5.81. The molecule has 0 heterocycles. The van der Waals surface area contributed by atoms with E-state index in [1.807, 2.05) is 36.4 Å². The Morgan fingerprint density at radius 2 is 1.88 bits per heavy atom. The van der Waals surface area contributed by atoms with Crippen LogP contribution in [0.15, 0.2) is 48.1 Å². The van der Waals surface area contributed by atoms with Crippen molar-refractivity contribution in [1.82, 2.24) is 6.15 Å². The molecular weight excluding hydrogens is 204 g/mol. The summed E-state index contributed by atoms with van der Waals surface area (Å²) < 4.78 is 0. The van der Waals surface area contributed by atoms with E-state index in [2.05, 4.69) is 0 Å². The van der Waals surface area contributed by atoms with Gasteiger partial charge in [0.2, 0.25) is 0 Å². The molecule has 1 aromatic carbocycles. The molecule has 0 saturated carbocycles. The Morgan fingerprint density at radius 1 is 1.25 bits per heavy atom. The zero-order chi connectivity index (χ0) is 11.1. The maximum absolute atomic E-state index is 10.2. The van der Waals surface area contributed by atoms with E-state index >= 15 is 0 Å². The van der Waals surface area contributed by atoms with Gasteiger partial charge in [-0.2, -0.15) is 5.26 Å². The minimum atomic E-state index is -1.07. The summed E-state index contributed by atoms with van der Waals surface area (Å²) in [6, 6.07) is 11.2. The molecule has 0 amide bonds. The fourth-order valence-electron chi connectivity index (χ4n) is 1.01. The predicted octanol–water partition coefficient (Wildman–Crippen LogP) is 2.40. The van der Waals surface area contributed by atoms with E-state index < -0.39 is 5.97 Å². The first-order valence-corrected chi connectivity index (χ1v) is 4.30. The molecule has 4 heteroatoms. The number of aliphatic carboxylic acids is 1. The Hall–Kier alpha value is -2.38. The second-order valence-electron chi connectivity index (χ2n) is 2.79. The summed E-state index contributed by atoms with van der Waals surface area (Å²) in [6.07, 6.45) is 3.84. The van der Waals surface area contributed by atoms with Crippen molar-refractivity contribution in [3.05, 3.63) is 53.6 Å². The van der Waals surface area contributed by atoms with E-state index in [1.54, 1.807) is 6.08 Å². The van der Waals surface area contributed by atoms with Crippen LogP contribution in [0.4, 0.5) is 0 Å². The van der Waals surface area contributed by atoms with Crippen LogP contribution >= 0.6 is 0 Å². The highest BCUT2D eigenvalue weighted by Crippen LogP contribution is 2.06. The molecule has 0 aromatic heterocycles. The molecule has 0 radical (unpaired) electrons. The minimum Gasteiger partial charge on any atom is -0.478 e. The number of hydrogen-bond acceptors (Lipinski definition) is 3. The second-order valence-corrected chi connectivity index (χ2v) is 2.79. The lowest BCUT2D eigenvalue weighted by Crippen LogP contribution is -1.86. The standard InChI is InChI=1S/C12H9NO2.H3N/c13-9-11(6-7-12(14)15)8-10-4-2-1-3-5-10;/h1-8H,(H,14,15);1H3. The summed E-state index contributed by atoms with van der Waals surface area (Å²) in [7, 11) is 0. The number of nitrogens with zero attached hydrogens (tertiary/aromatic N) is 1. The highest BCUT2D eigenvalue weighted by atomic mass is 16.4. The molecule has 0 aliphatic rings. The maximum atomic E-state index is 10.2. The van der Waals surface area contributed by atoms with Gasteiger partial charge in [-0.3, -0.25) is 0 Å². The first kappa shape index (κ1) is 13.6. The molecule has 1 rings (SSSR count). The van der Waals surface area contributed by atoms with Crippen LogP contribution in [0, 0.1) is 11.3 Å². The Bertz CT molecular complexity index is 442. The summed E-state index contributed by atoms with van der Waals surface area (Å²) in [5.41, 5.74) is 1.17. The van der Waals surface area contributed by atoms with E-state index in [4.69, 9.17) is 10.4 Å². The molecule has 0 unspecified atom stereocenters. The number of hydrogen-bond donors (Lipinski definition) is 2. The van der Waals surface area contributed by atoms with Gasteiger partial charge in [-0.25, -0.2) is 4.79 Å². The average molecular weight is 216 g/mol. The molecule has 82 valence electrons.